The first kappa shape index (κ1) is 16.7. The zero-order chi connectivity index (χ0) is 16.3. The maximum atomic E-state index is 12.7. The molecule has 0 saturated carbocycles. The number of aryl methyl sites for hydroxylation is 1. The molecule has 0 fully saturated rings. The number of nitrogens with zero attached hydrogens (tertiary/aromatic N) is 3. The lowest BCUT2D eigenvalue weighted by Gasteiger charge is -2.18. The van der Waals surface area contributed by atoms with Crippen molar-refractivity contribution >= 4 is 21.8 Å². The van der Waals surface area contributed by atoms with Crippen LogP contribution in [0.5, 0.6) is 0 Å². The topological polar surface area (TPSA) is 58.4 Å². The van der Waals surface area contributed by atoms with Crippen LogP contribution in [0, 0.1) is 13.8 Å². The van der Waals surface area contributed by atoms with Crippen molar-refractivity contribution in [3.63, 3.8) is 0 Å². The van der Waals surface area contributed by atoms with Crippen molar-refractivity contribution in [3.05, 3.63) is 51.3 Å². The molecule has 1 heterocycles. The number of hydrogen-bond donors (Lipinski definition) is 1. The Bertz CT molecular complexity index is 682. The average molecular weight is 366 g/mol. The minimum absolute atomic E-state index is 0.00237. The molecule has 0 radical (unpaired) electrons. The standard InChI is InChI=1S/C16H20BrN3O2/c1-11-15(12(2)20(18-11)8-9-21)16(22)19(3)10-13-6-4-5-7-14(13)17/h4-7,21H,8-10H2,1-3H3. The summed E-state index contributed by atoms with van der Waals surface area (Å²) < 4.78 is 2.66. The lowest BCUT2D eigenvalue weighted by molar-refractivity contribution is 0.0783. The first-order valence-corrected chi connectivity index (χ1v) is 7.88. The second-order valence-electron chi connectivity index (χ2n) is 5.25. The molecule has 2 aromatic rings. The fourth-order valence-corrected chi connectivity index (χ4v) is 2.87. The first-order valence-electron chi connectivity index (χ1n) is 7.09. The van der Waals surface area contributed by atoms with Crippen LogP contribution in [-0.2, 0) is 13.1 Å². The van der Waals surface area contributed by atoms with Gasteiger partial charge in [0.15, 0.2) is 0 Å². The summed E-state index contributed by atoms with van der Waals surface area (Å²) in [5, 5.41) is 13.4. The Balaban J connectivity index is 2.23. The number of carbonyl (C=O) groups is 1. The normalized spacial score (nSPS) is 10.8. The molecule has 2 rings (SSSR count). The van der Waals surface area contributed by atoms with Crippen LogP contribution in [0.3, 0.4) is 0 Å². The van der Waals surface area contributed by atoms with Crippen molar-refractivity contribution in [2.45, 2.75) is 26.9 Å². The number of amides is 1. The van der Waals surface area contributed by atoms with Gasteiger partial charge in [-0.3, -0.25) is 9.48 Å². The van der Waals surface area contributed by atoms with E-state index in [0.717, 1.165) is 15.7 Å². The van der Waals surface area contributed by atoms with Crippen LogP contribution >= 0.6 is 15.9 Å². The molecule has 1 N–H and O–H groups in total. The van der Waals surface area contributed by atoms with Crippen LogP contribution in [0.4, 0.5) is 0 Å². The highest BCUT2D eigenvalue weighted by atomic mass is 79.9. The van der Waals surface area contributed by atoms with E-state index in [9.17, 15) is 4.79 Å². The molecule has 0 saturated heterocycles. The van der Waals surface area contributed by atoms with Crippen LogP contribution < -0.4 is 0 Å². The van der Waals surface area contributed by atoms with Crippen LogP contribution in [0.15, 0.2) is 28.7 Å². The van der Waals surface area contributed by atoms with Crippen molar-refractivity contribution in [3.8, 4) is 0 Å². The SMILES string of the molecule is Cc1nn(CCO)c(C)c1C(=O)N(C)Cc1ccccc1Br. The number of rotatable bonds is 5. The third kappa shape index (κ3) is 3.39. The van der Waals surface area contributed by atoms with Crippen molar-refractivity contribution in [2.75, 3.05) is 13.7 Å². The minimum atomic E-state index is -0.0602. The van der Waals surface area contributed by atoms with Gasteiger partial charge in [0.25, 0.3) is 5.91 Å². The highest BCUT2D eigenvalue weighted by Gasteiger charge is 2.22. The predicted octanol–water partition coefficient (Wildman–Crippen LogP) is 2.53. The van der Waals surface area contributed by atoms with E-state index in [1.54, 1.807) is 16.6 Å². The Morgan fingerprint density at radius 1 is 1.36 bits per heavy atom. The molecule has 1 aromatic carbocycles. The Morgan fingerprint density at radius 2 is 2.05 bits per heavy atom. The van der Waals surface area contributed by atoms with E-state index >= 15 is 0 Å². The fourth-order valence-electron chi connectivity index (χ4n) is 2.46. The number of aliphatic hydroxyl groups is 1. The molecule has 0 aliphatic heterocycles. The Morgan fingerprint density at radius 3 is 2.68 bits per heavy atom. The summed E-state index contributed by atoms with van der Waals surface area (Å²) in [6.07, 6.45) is 0. The summed E-state index contributed by atoms with van der Waals surface area (Å²) in [6.45, 7) is 4.59. The zero-order valence-electron chi connectivity index (χ0n) is 13.0. The lowest BCUT2D eigenvalue weighted by Crippen LogP contribution is -2.27. The fraction of sp³-hybridized carbons (Fsp3) is 0.375. The van der Waals surface area contributed by atoms with Gasteiger partial charge in [-0.25, -0.2) is 0 Å². The number of carbonyl (C=O) groups excluding carboxylic acids is 1. The predicted molar refractivity (Wildman–Crippen MR) is 88.7 cm³/mol. The molecule has 1 aromatic heterocycles. The average Bonchev–Trinajstić information content (AvgIpc) is 2.75. The Labute approximate surface area is 138 Å². The Hall–Kier alpha value is -1.66. The number of hydrogen-bond acceptors (Lipinski definition) is 3. The molecule has 22 heavy (non-hydrogen) atoms. The Kier molecular flexibility index (Phi) is 5.37. The molecule has 1 amide bonds. The maximum Gasteiger partial charge on any atom is 0.257 e. The minimum Gasteiger partial charge on any atom is -0.394 e. The van der Waals surface area contributed by atoms with Crippen molar-refractivity contribution in [2.24, 2.45) is 0 Å². The summed E-state index contributed by atoms with van der Waals surface area (Å²) >= 11 is 3.50. The number of halogens is 1. The maximum absolute atomic E-state index is 12.7. The first-order chi connectivity index (χ1) is 10.5. The molecular weight excluding hydrogens is 346 g/mol. The number of aromatic nitrogens is 2. The molecule has 0 bridgehead atoms. The van der Waals surface area contributed by atoms with E-state index in [1.807, 2.05) is 38.1 Å². The van der Waals surface area contributed by atoms with Gasteiger partial charge in [0.1, 0.15) is 0 Å². The van der Waals surface area contributed by atoms with Crippen LogP contribution in [0.2, 0.25) is 0 Å². The molecule has 5 nitrogen and oxygen atoms in total. The van der Waals surface area contributed by atoms with Crippen molar-refractivity contribution < 1.29 is 9.90 Å². The highest BCUT2D eigenvalue weighted by Crippen LogP contribution is 2.20. The second-order valence-corrected chi connectivity index (χ2v) is 6.10. The van der Waals surface area contributed by atoms with Gasteiger partial charge in [-0.2, -0.15) is 5.10 Å². The lowest BCUT2D eigenvalue weighted by atomic mass is 10.1. The molecule has 0 aliphatic carbocycles. The van der Waals surface area contributed by atoms with E-state index in [4.69, 9.17) is 5.11 Å². The highest BCUT2D eigenvalue weighted by molar-refractivity contribution is 9.10. The summed E-state index contributed by atoms with van der Waals surface area (Å²) in [4.78, 5) is 14.4. The van der Waals surface area contributed by atoms with E-state index in [-0.39, 0.29) is 12.5 Å². The van der Waals surface area contributed by atoms with Crippen LogP contribution in [-0.4, -0.2) is 39.3 Å². The van der Waals surface area contributed by atoms with Gasteiger partial charge in [-0.1, -0.05) is 34.1 Å². The van der Waals surface area contributed by atoms with Crippen LogP contribution in [0.25, 0.3) is 0 Å². The van der Waals surface area contributed by atoms with Crippen molar-refractivity contribution in [1.29, 1.82) is 0 Å². The zero-order valence-corrected chi connectivity index (χ0v) is 14.6. The molecule has 0 spiro atoms. The molecule has 0 aliphatic rings. The van der Waals surface area contributed by atoms with Gasteiger partial charge >= 0.3 is 0 Å². The largest absolute Gasteiger partial charge is 0.394 e. The molecule has 118 valence electrons. The third-order valence-corrected chi connectivity index (χ3v) is 4.39. The van der Waals surface area contributed by atoms with Gasteiger partial charge in [0.2, 0.25) is 0 Å². The van der Waals surface area contributed by atoms with E-state index in [1.165, 1.54) is 0 Å². The quantitative estimate of drug-likeness (QED) is 0.885. The van der Waals surface area contributed by atoms with Gasteiger partial charge in [0, 0.05) is 23.8 Å². The molecular formula is C16H20BrN3O2. The van der Waals surface area contributed by atoms with E-state index < -0.39 is 0 Å². The summed E-state index contributed by atoms with van der Waals surface area (Å²) in [5.74, 6) is -0.0602. The summed E-state index contributed by atoms with van der Waals surface area (Å²) in [5.41, 5.74) is 3.14. The van der Waals surface area contributed by atoms with Crippen LogP contribution in [0.1, 0.15) is 27.3 Å². The van der Waals surface area contributed by atoms with Crippen molar-refractivity contribution in [1.82, 2.24) is 14.7 Å². The number of benzene rings is 1. The third-order valence-electron chi connectivity index (χ3n) is 3.62. The van der Waals surface area contributed by atoms with Gasteiger partial charge in [-0.05, 0) is 25.5 Å². The second kappa shape index (κ2) is 7.07. The monoisotopic (exact) mass is 365 g/mol. The number of aliphatic hydroxyl groups excluding tert-OH is 1. The van der Waals surface area contributed by atoms with Gasteiger partial charge in [0.05, 0.1) is 24.4 Å². The smallest absolute Gasteiger partial charge is 0.257 e. The van der Waals surface area contributed by atoms with E-state index in [2.05, 4.69) is 21.0 Å². The summed E-state index contributed by atoms with van der Waals surface area (Å²) in [6, 6.07) is 7.85. The van der Waals surface area contributed by atoms with Gasteiger partial charge in [-0.15, -0.1) is 0 Å². The van der Waals surface area contributed by atoms with E-state index in [0.29, 0.717) is 24.3 Å². The summed E-state index contributed by atoms with van der Waals surface area (Å²) in [7, 11) is 1.78. The molecule has 0 unspecified atom stereocenters. The molecule has 0 atom stereocenters. The van der Waals surface area contributed by atoms with Gasteiger partial charge < -0.3 is 10.0 Å². The molecule has 6 heteroatoms.